The van der Waals surface area contributed by atoms with Gasteiger partial charge in [-0.15, -0.1) is 0 Å². The van der Waals surface area contributed by atoms with E-state index in [1.165, 1.54) is 12.3 Å². The monoisotopic (exact) mass is 370 g/mol. The van der Waals surface area contributed by atoms with Gasteiger partial charge in [-0.05, 0) is 56.6 Å². The van der Waals surface area contributed by atoms with Crippen LogP contribution in [0, 0.1) is 11.7 Å². The number of rotatable bonds is 4. The number of amides is 1. The number of pyridine rings is 2. The molecule has 1 spiro atoms. The molecule has 2 aliphatic heterocycles. The van der Waals surface area contributed by atoms with Gasteiger partial charge >= 0.3 is 0 Å². The van der Waals surface area contributed by atoms with E-state index in [0.717, 1.165) is 19.4 Å². The Bertz CT molecular complexity index is 811. The molecular formula is C20H23FN4O2. The van der Waals surface area contributed by atoms with Gasteiger partial charge in [0.1, 0.15) is 0 Å². The van der Waals surface area contributed by atoms with Crippen molar-refractivity contribution in [3.05, 3.63) is 54.2 Å². The van der Waals surface area contributed by atoms with Crippen molar-refractivity contribution < 1.29 is 13.9 Å². The maximum Gasteiger partial charge on any atom is 0.254 e. The van der Waals surface area contributed by atoms with Gasteiger partial charge in [-0.25, -0.2) is 9.37 Å². The summed E-state index contributed by atoms with van der Waals surface area (Å²) in [6.45, 7) is 2.80. The smallest absolute Gasteiger partial charge is 0.254 e. The third-order valence-electron chi connectivity index (χ3n) is 5.72. The molecule has 0 unspecified atom stereocenters. The number of hydrogen-bond acceptors (Lipinski definition) is 5. The number of carbonyl (C=O) groups is 1. The number of carbonyl (C=O) groups excluding carboxylic acids is 1. The predicted molar refractivity (Wildman–Crippen MR) is 97.9 cm³/mol. The number of aromatic nitrogens is 2. The minimum atomic E-state index is -0.432. The molecule has 0 aromatic carbocycles. The summed E-state index contributed by atoms with van der Waals surface area (Å²) >= 11 is 0. The van der Waals surface area contributed by atoms with Gasteiger partial charge < -0.3 is 9.64 Å². The van der Waals surface area contributed by atoms with Crippen molar-refractivity contribution in [1.29, 1.82) is 0 Å². The van der Waals surface area contributed by atoms with Crippen LogP contribution in [-0.2, 0) is 0 Å². The molecule has 2 fully saturated rings. The summed E-state index contributed by atoms with van der Waals surface area (Å²) in [5, 5.41) is 0. The number of piperidine rings is 1. The molecule has 27 heavy (non-hydrogen) atoms. The van der Waals surface area contributed by atoms with Crippen LogP contribution in [0.5, 0.6) is 5.88 Å². The van der Waals surface area contributed by atoms with Crippen LogP contribution in [0.3, 0.4) is 0 Å². The summed E-state index contributed by atoms with van der Waals surface area (Å²) < 4.78 is 19.3. The lowest BCUT2D eigenvalue weighted by atomic mass is 9.75. The molecule has 2 saturated heterocycles. The molecule has 4 rings (SSSR count). The van der Waals surface area contributed by atoms with Gasteiger partial charge in [0.25, 0.3) is 5.91 Å². The van der Waals surface area contributed by atoms with Gasteiger partial charge in [-0.1, -0.05) is 0 Å². The number of halogens is 1. The topological polar surface area (TPSA) is 58.6 Å². The highest BCUT2D eigenvalue weighted by molar-refractivity contribution is 5.94. The van der Waals surface area contributed by atoms with Crippen LogP contribution in [-0.4, -0.2) is 64.5 Å². The molecule has 1 amide bonds. The first-order valence-corrected chi connectivity index (χ1v) is 9.21. The predicted octanol–water partition coefficient (Wildman–Crippen LogP) is 2.23. The molecule has 0 N–H and O–H groups in total. The summed E-state index contributed by atoms with van der Waals surface area (Å²) in [5.41, 5.74) is 0.654. The first kappa shape index (κ1) is 17.9. The van der Waals surface area contributed by atoms with Crippen LogP contribution in [0.1, 0.15) is 23.2 Å². The van der Waals surface area contributed by atoms with Crippen molar-refractivity contribution in [2.75, 3.05) is 33.3 Å². The summed E-state index contributed by atoms with van der Waals surface area (Å²) in [5.74, 6) is -0.00220. The van der Waals surface area contributed by atoms with Gasteiger partial charge in [-0.3, -0.25) is 14.7 Å². The highest BCUT2D eigenvalue weighted by Gasteiger charge is 2.51. The van der Waals surface area contributed by atoms with E-state index in [-0.39, 0.29) is 17.3 Å². The Morgan fingerprint density at radius 2 is 2.07 bits per heavy atom. The summed E-state index contributed by atoms with van der Waals surface area (Å²) in [7, 11) is 2.11. The molecule has 1 atom stereocenters. The Labute approximate surface area is 158 Å². The first-order valence-electron chi connectivity index (χ1n) is 9.21. The molecule has 2 aromatic heterocycles. The van der Waals surface area contributed by atoms with Crippen LogP contribution in [0.4, 0.5) is 4.39 Å². The van der Waals surface area contributed by atoms with Crippen LogP contribution >= 0.6 is 0 Å². The lowest BCUT2D eigenvalue weighted by Gasteiger charge is -2.58. The fourth-order valence-electron chi connectivity index (χ4n) is 4.08. The van der Waals surface area contributed by atoms with Gasteiger partial charge in [0.05, 0.1) is 12.1 Å². The second-order valence-corrected chi connectivity index (χ2v) is 7.50. The van der Waals surface area contributed by atoms with Gasteiger partial charge in [0.2, 0.25) is 5.88 Å². The van der Waals surface area contributed by atoms with Gasteiger partial charge in [0.15, 0.2) is 5.82 Å². The summed E-state index contributed by atoms with van der Waals surface area (Å²) in [6, 6.07) is 6.40. The molecular weight excluding hydrogens is 347 g/mol. The largest absolute Gasteiger partial charge is 0.475 e. The number of likely N-dealkylation sites (N-methyl/N-ethyl adjacent to an activating group) is 1. The van der Waals surface area contributed by atoms with Crippen molar-refractivity contribution in [1.82, 2.24) is 19.8 Å². The van der Waals surface area contributed by atoms with Crippen molar-refractivity contribution in [2.45, 2.75) is 18.4 Å². The Morgan fingerprint density at radius 3 is 2.81 bits per heavy atom. The maximum atomic E-state index is 13.7. The third-order valence-corrected chi connectivity index (χ3v) is 5.72. The molecule has 0 saturated carbocycles. The highest BCUT2D eigenvalue weighted by atomic mass is 19.1. The number of ether oxygens (including phenoxy) is 1. The normalized spacial score (nSPS) is 21.7. The molecule has 0 bridgehead atoms. The number of nitrogens with zero attached hydrogens (tertiary/aromatic N) is 4. The van der Waals surface area contributed by atoms with E-state index in [1.807, 2.05) is 4.90 Å². The van der Waals surface area contributed by atoms with Crippen molar-refractivity contribution in [3.63, 3.8) is 0 Å². The molecule has 6 nitrogen and oxygen atoms in total. The molecule has 7 heteroatoms. The average molecular weight is 370 g/mol. The summed E-state index contributed by atoms with van der Waals surface area (Å²) in [6.07, 6.45) is 6.73. The summed E-state index contributed by atoms with van der Waals surface area (Å²) in [4.78, 5) is 24.7. The van der Waals surface area contributed by atoms with E-state index in [1.54, 1.807) is 30.6 Å². The zero-order valence-corrected chi connectivity index (χ0v) is 15.3. The SMILES string of the molecule is CN1CC[C@H](COc2ncccc2F)CC12CN(C(=O)c1ccncc1)C2. The Kier molecular flexibility index (Phi) is 4.78. The quantitative estimate of drug-likeness (QED) is 0.826. The molecule has 4 heterocycles. The zero-order valence-electron chi connectivity index (χ0n) is 15.3. The molecule has 0 aliphatic carbocycles. The standard InChI is InChI=1S/C20H23FN4O2/c1-24-10-6-15(12-27-18-17(21)3-2-7-23-18)11-20(24)13-25(14-20)19(26)16-4-8-22-9-5-16/h2-5,7-9,15H,6,10-14H2,1H3/t15-/m0/s1. The second-order valence-electron chi connectivity index (χ2n) is 7.50. The molecule has 142 valence electrons. The van der Waals surface area contributed by atoms with E-state index in [0.29, 0.717) is 31.2 Å². The number of hydrogen-bond donors (Lipinski definition) is 0. The van der Waals surface area contributed by atoms with Crippen molar-refractivity contribution in [3.8, 4) is 5.88 Å². The van der Waals surface area contributed by atoms with Crippen LogP contribution < -0.4 is 4.74 Å². The van der Waals surface area contributed by atoms with Crippen LogP contribution in [0.15, 0.2) is 42.9 Å². The minimum absolute atomic E-state index is 0.0162. The molecule has 2 aliphatic rings. The highest BCUT2D eigenvalue weighted by Crippen LogP contribution is 2.39. The first-order chi connectivity index (χ1) is 13.1. The second kappa shape index (κ2) is 7.23. The zero-order chi connectivity index (χ0) is 18.9. The van der Waals surface area contributed by atoms with Gasteiger partial charge in [-0.2, -0.15) is 0 Å². The lowest BCUT2D eigenvalue weighted by molar-refractivity contribution is -0.0696. The molecule has 0 radical (unpaired) electrons. The number of likely N-dealkylation sites (tertiary alicyclic amines) is 2. The maximum absolute atomic E-state index is 13.7. The van der Waals surface area contributed by atoms with E-state index >= 15 is 0 Å². The Hall–Kier alpha value is -2.54. The van der Waals surface area contributed by atoms with E-state index in [9.17, 15) is 9.18 Å². The van der Waals surface area contributed by atoms with Crippen molar-refractivity contribution >= 4 is 5.91 Å². The fraction of sp³-hybridized carbons (Fsp3) is 0.450. The Morgan fingerprint density at radius 1 is 1.30 bits per heavy atom. The molecule has 2 aromatic rings. The van der Waals surface area contributed by atoms with Crippen LogP contribution in [0.2, 0.25) is 0 Å². The van der Waals surface area contributed by atoms with E-state index < -0.39 is 5.82 Å². The Balaban J connectivity index is 1.36. The van der Waals surface area contributed by atoms with E-state index in [2.05, 4.69) is 21.9 Å². The van der Waals surface area contributed by atoms with Crippen molar-refractivity contribution in [2.24, 2.45) is 5.92 Å². The lowest BCUT2D eigenvalue weighted by Crippen LogP contribution is -2.72. The fourth-order valence-corrected chi connectivity index (χ4v) is 4.08. The van der Waals surface area contributed by atoms with Crippen LogP contribution in [0.25, 0.3) is 0 Å². The average Bonchev–Trinajstić information content (AvgIpc) is 2.67. The minimum Gasteiger partial charge on any atom is -0.475 e. The third kappa shape index (κ3) is 3.51. The van der Waals surface area contributed by atoms with E-state index in [4.69, 9.17) is 4.74 Å². The van der Waals surface area contributed by atoms with Gasteiger partial charge in [0, 0.05) is 37.2 Å².